The average molecular weight is 415 g/mol. The third-order valence-electron chi connectivity index (χ3n) is 4.43. The summed E-state index contributed by atoms with van der Waals surface area (Å²) < 4.78 is 32.8. The van der Waals surface area contributed by atoms with Gasteiger partial charge in [0.25, 0.3) is 5.92 Å². The molecule has 0 aromatic carbocycles. The second-order valence-electron chi connectivity index (χ2n) is 6.78. The molecule has 7 heteroatoms. The van der Waals surface area contributed by atoms with Gasteiger partial charge in [-0.3, -0.25) is 9.79 Å². The Kier molecular flexibility index (Phi) is 8.21. The number of hydrogen-bond donors (Lipinski definition) is 0. The minimum absolute atomic E-state index is 0.116. The topological polar surface area (TPSA) is 54.8 Å². The normalized spacial score (nSPS) is 15.9. The Balaban J connectivity index is 2.31. The van der Waals surface area contributed by atoms with E-state index in [2.05, 4.69) is 16.6 Å². The molecule has 0 spiro atoms. The van der Waals surface area contributed by atoms with Crippen LogP contribution in [0.1, 0.15) is 39.2 Å². The van der Waals surface area contributed by atoms with E-state index < -0.39 is 5.92 Å². The maximum atomic E-state index is 13.4. The number of pyridine rings is 1. The van der Waals surface area contributed by atoms with Gasteiger partial charge in [0.15, 0.2) is 5.76 Å². The van der Waals surface area contributed by atoms with Crippen molar-refractivity contribution in [1.29, 1.82) is 0 Å². The van der Waals surface area contributed by atoms with Crippen LogP contribution >= 0.6 is 0 Å². The summed E-state index contributed by atoms with van der Waals surface area (Å²) in [6, 6.07) is 2.72. The van der Waals surface area contributed by atoms with E-state index in [4.69, 9.17) is 4.74 Å². The van der Waals surface area contributed by atoms with Crippen LogP contribution in [0.4, 0.5) is 8.78 Å². The van der Waals surface area contributed by atoms with Gasteiger partial charge in [-0.2, -0.15) is 0 Å². The first kappa shape index (κ1) is 23.2. The number of carbonyl (C=O) groups excluding carboxylic acids is 1. The van der Waals surface area contributed by atoms with Gasteiger partial charge in [-0.1, -0.05) is 25.7 Å². The number of aromatic nitrogens is 1. The van der Waals surface area contributed by atoms with E-state index in [9.17, 15) is 13.6 Å². The predicted octanol–water partition coefficient (Wildman–Crippen LogP) is 5.19. The first-order valence-electron chi connectivity index (χ1n) is 9.82. The Hall–Kier alpha value is -3.09. The largest absolute Gasteiger partial charge is 0.437 e. The number of nitrogens with zero attached hydrogens (tertiary/aromatic N) is 3. The lowest BCUT2D eigenvalue weighted by Crippen LogP contribution is -2.34. The van der Waals surface area contributed by atoms with Crippen LogP contribution < -0.4 is 4.74 Å². The molecule has 0 fully saturated rings. The van der Waals surface area contributed by atoms with Crippen molar-refractivity contribution in [2.75, 3.05) is 13.1 Å². The number of amides is 1. The fourth-order valence-corrected chi connectivity index (χ4v) is 2.85. The van der Waals surface area contributed by atoms with Crippen molar-refractivity contribution in [2.24, 2.45) is 4.99 Å². The highest BCUT2D eigenvalue weighted by Crippen LogP contribution is 2.28. The van der Waals surface area contributed by atoms with Crippen molar-refractivity contribution < 1.29 is 18.3 Å². The highest BCUT2D eigenvalue weighted by Gasteiger charge is 2.25. The van der Waals surface area contributed by atoms with E-state index in [0.29, 0.717) is 37.4 Å². The van der Waals surface area contributed by atoms with Crippen LogP contribution in [0, 0.1) is 0 Å². The van der Waals surface area contributed by atoms with Crippen LogP contribution in [0.25, 0.3) is 0 Å². The Morgan fingerprint density at radius 1 is 1.43 bits per heavy atom. The zero-order valence-electron chi connectivity index (χ0n) is 17.6. The van der Waals surface area contributed by atoms with E-state index in [1.807, 2.05) is 26.0 Å². The van der Waals surface area contributed by atoms with E-state index in [1.165, 1.54) is 18.2 Å². The number of aliphatic imine (C=N–C) groups is 1. The van der Waals surface area contributed by atoms with Gasteiger partial charge in [-0.15, -0.1) is 0 Å². The molecule has 30 heavy (non-hydrogen) atoms. The molecule has 0 aliphatic carbocycles. The standard InChI is InChI=1S/C23H27F2N3O2/c1-5-8-19(30-20-10-9-18(16-27-20)23(4,24)25)22(26-13-6-2)17-11-14-28(15-12-17)21(29)7-3/h6-11,13,16H,3,5,12,14-15H2,1-2,4H3/b13-6-,19-8-,26-22-. The lowest BCUT2D eigenvalue weighted by atomic mass is 10.0. The smallest absolute Gasteiger partial charge is 0.272 e. The Morgan fingerprint density at radius 2 is 2.20 bits per heavy atom. The number of alkyl halides is 2. The molecule has 1 aromatic rings. The molecule has 0 unspecified atom stereocenters. The molecule has 0 saturated carbocycles. The van der Waals surface area contributed by atoms with Gasteiger partial charge in [0.05, 0.1) is 0 Å². The summed E-state index contributed by atoms with van der Waals surface area (Å²) in [5.41, 5.74) is 1.39. The summed E-state index contributed by atoms with van der Waals surface area (Å²) in [6.45, 7) is 9.16. The number of carbonyl (C=O) groups is 1. The Bertz CT molecular complexity index is 879. The maximum Gasteiger partial charge on any atom is 0.272 e. The van der Waals surface area contributed by atoms with Gasteiger partial charge >= 0.3 is 0 Å². The summed E-state index contributed by atoms with van der Waals surface area (Å²) in [6.07, 6.45) is 11.0. The zero-order valence-corrected chi connectivity index (χ0v) is 17.6. The van der Waals surface area contributed by atoms with Gasteiger partial charge in [-0.25, -0.2) is 13.8 Å². The summed E-state index contributed by atoms with van der Waals surface area (Å²) in [5, 5.41) is 0. The second-order valence-corrected chi connectivity index (χ2v) is 6.78. The van der Waals surface area contributed by atoms with Crippen molar-refractivity contribution in [3.8, 4) is 5.88 Å². The Morgan fingerprint density at radius 3 is 2.70 bits per heavy atom. The molecule has 5 nitrogen and oxygen atoms in total. The van der Waals surface area contributed by atoms with E-state index in [1.54, 1.807) is 17.2 Å². The van der Waals surface area contributed by atoms with E-state index in [0.717, 1.165) is 18.7 Å². The molecule has 0 bridgehead atoms. The van der Waals surface area contributed by atoms with Crippen molar-refractivity contribution in [3.05, 3.63) is 72.3 Å². The fourth-order valence-electron chi connectivity index (χ4n) is 2.85. The van der Waals surface area contributed by atoms with Crippen molar-refractivity contribution >= 4 is 11.6 Å². The quantitative estimate of drug-likeness (QED) is 0.334. The average Bonchev–Trinajstić information content (AvgIpc) is 2.73. The third kappa shape index (κ3) is 6.20. The Labute approximate surface area is 176 Å². The van der Waals surface area contributed by atoms with Crippen LogP contribution in [0.5, 0.6) is 5.88 Å². The molecule has 160 valence electrons. The molecule has 1 aliphatic heterocycles. The van der Waals surface area contributed by atoms with Crippen LogP contribution in [0.3, 0.4) is 0 Å². The molecule has 0 radical (unpaired) electrons. The van der Waals surface area contributed by atoms with Crippen LogP contribution in [0.15, 0.2) is 71.7 Å². The monoisotopic (exact) mass is 415 g/mol. The number of ether oxygens (including phenoxy) is 1. The minimum atomic E-state index is -2.96. The number of allylic oxidation sites excluding steroid dienone is 3. The first-order valence-corrected chi connectivity index (χ1v) is 9.82. The molecule has 1 aliphatic rings. The third-order valence-corrected chi connectivity index (χ3v) is 4.43. The second kappa shape index (κ2) is 10.6. The maximum absolute atomic E-state index is 13.4. The van der Waals surface area contributed by atoms with Gasteiger partial charge < -0.3 is 9.64 Å². The van der Waals surface area contributed by atoms with Gasteiger partial charge in [-0.05, 0) is 43.6 Å². The fraction of sp³-hybridized carbons (Fsp3) is 0.348. The first-order chi connectivity index (χ1) is 14.3. The molecular formula is C23H27F2N3O2. The number of rotatable bonds is 8. The summed E-state index contributed by atoms with van der Waals surface area (Å²) in [4.78, 5) is 22.1. The molecule has 1 amide bonds. The minimum Gasteiger partial charge on any atom is -0.437 e. The van der Waals surface area contributed by atoms with Crippen LogP contribution in [0.2, 0.25) is 0 Å². The lowest BCUT2D eigenvalue weighted by molar-refractivity contribution is -0.125. The zero-order chi connectivity index (χ0) is 22.1. The molecule has 0 saturated heterocycles. The lowest BCUT2D eigenvalue weighted by Gasteiger charge is -2.26. The highest BCUT2D eigenvalue weighted by atomic mass is 19.3. The highest BCUT2D eigenvalue weighted by molar-refractivity contribution is 6.11. The van der Waals surface area contributed by atoms with E-state index in [-0.39, 0.29) is 17.4 Å². The van der Waals surface area contributed by atoms with Crippen molar-refractivity contribution in [2.45, 2.75) is 39.5 Å². The SMILES string of the molecule is C=CC(=O)N1CC=C(C(=N/C=C\C)/C(=C/CC)Oc2ccc(C(C)(F)F)cn2)CC1. The van der Waals surface area contributed by atoms with Crippen molar-refractivity contribution in [1.82, 2.24) is 9.88 Å². The van der Waals surface area contributed by atoms with Gasteiger partial charge in [0.1, 0.15) is 5.71 Å². The molecule has 0 N–H and O–H groups in total. The molecule has 0 atom stereocenters. The molecule has 1 aromatic heterocycles. The predicted molar refractivity (Wildman–Crippen MR) is 115 cm³/mol. The summed E-state index contributed by atoms with van der Waals surface area (Å²) in [7, 11) is 0. The molecule has 2 heterocycles. The van der Waals surface area contributed by atoms with Crippen molar-refractivity contribution in [3.63, 3.8) is 0 Å². The summed E-state index contributed by atoms with van der Waals surface area (Å²) >= 11 is 0. The van der Waals surface area contributed by atoms with Gasteiger partial charge in [0, 0.05) is 44.0 Å². The van der Waals surface area contributed by atoms with Crippen LogP contribution in [-0.4, -0.2) is 34.6 Å². The molecular weight excluding hydrogens is 388 g/mol. The van der Waals surface area contributed by atoms with Gasteiger partial charge in [0.2, 0.25) is 11.8 Å². The number of halogens is 2. The summed E-state index contributed by atoms with van der Waals surface area (Å²) in [5.74, 6) is -2.38. The number of hydrogen-bond acceptors (Lipinski definition) is 4. The van der Waals surface area contributed by atoms with Crippen LogP contribution in [-0.2, 0) is 10.7 Å². The van der Waals surface area contributed by atoms with E-state index >= 15 is 0 Å². The molecule has 2 rings (SSSR count).